The van der Waals surface area contributed by atoms with Gasteiger partial charge >= 0.3 is 0 Å². The van der Waals surface area contributed by atoms with E-state index in [1.165, 1.54) is 44.1 Å². The summed E-state index contributed by atoms with van der Waals surface area (Å²) in [4.78, 5) is 4.20. The smallest absolute Gasteiger partial charge is 0.0315 e. The predicted molar refractivity (Wildman–Crippen MR) is 76.4 cm³/mol. The summed E-state index contributed by atoms with van der Waals surface area (Å²) in [7, 11) is 0. The first-order valence-corrected chi connectivity index (χ1v) is 7.45. The van der Waals surface area contributed by atoms with Gasteiger partial charge in [0.15, 0.2) is 0 Å². The Morgan fingerprint density at radius 3 is 2.94 bits per heavy atom. The molecule has 18 heavy (non-hydrogen) atoms. The SMILES string of the molecule is CCC1CCCC(NC(C)c2cccnc2)CC1. The number of pyridine rings is 1. The minimum atomic E-state index is 0.418. The van der Waals surface area contributed by atoms with Crippen molar-refractivity contribution in [2.45, 2.75) is 64.5 Å². The number of aromatic nitrogens is 1. The summed E-state index contributed by atoms with van der Waals surface area (Å²) >= 11 is 0. The molecule has 0 saturated heterocycles. The summed E-state index contributed by atoms with van der Waals surface area (Å²) in [6, 6.07) is 5.29. The largest absolute Gasteiger partial charge is 0.307 e. The molecule has 0 aromatic carbocycles. The highest BCUT2D eigenvalue weighted by Gasteiger charge is 2.19. The maximum atomic E-state index is 4.20. The zero-order valence-electron chi connectivity index (χ0n) is 11.7. The molecule has 1 saturated carbocycles. The topological polar surface area (TPSA) is 24.9 Å². The second-order valence-corrected chi connectivity index (χ2v) is 5.65. The first kappa shape index (κ1) is 13.5. The zero-order chi connectivity index (χ0) is 12.8. The fraction of sp³-hybridized carbons (Fsp3) is 0.688. The molecular formula is C16H26N2. The third kappa shape index (κ3) is 3.81. The molecule has 1 aromatic heterocycles. The molecule has 1 aromatic rings. The molecule has 1 aliphatic rings. The van der Waals surface area contributed by atoms with Crippen LogP contribution in [0.15, 0.2) is 24.5 Å². The van der Waals surface area contributed by atoms with Gasteiger partial charge in [-0.15, -0.1) is 0 Å². The van der Waals surface area contributed by atoms with Gasteiger partial charge in [0.05, 0.1) is 0 Å². The standard InChI is InChI=1S/C16H26N2/c1-3-14-6-4-8-16(10-9-14)18-13(2)15-7-5-11-17-12-15/h5,7,11-14,16,18H,3-4,6,8-10H2,1-2H3. The van der Waals surface area contributed by atoms with Crippen LogP contribution in [0.2, 0.25) is 0 Å². The molecule has 1 heterocycles. The van der Waals surface area contributed by atoms with Gasteiger partial charge in [-0.2, -0.15) is 0 Å². The van der Waals surface area contributed by atoms with Crippen molar-refractivity contribution in [1.82, 2.24) is 10.3 Å². The third-order valence-corrected chi connectivity index (χ3v) is 4.34. The van der Waals surface area contributed by atoms with Crippen molar-refractivity contribution in [1.29, 1.82) is 0 Å². The Kier molecular flexibility index (Phi) is 5.18. The van der Waals surface area contributed by atoms with Crippen molar-refractivity contribution >= 4 is 0 Å². The van der Waals surface area contributed by atoms with E-state index in [2.05, 4.69) is 30.2 Å². The van der Waals surface area contributed by atoms with Gasteiger partial charge in [-0.3, -0.25) is 4.98 Å². The lowest BCUT2D eigenvalue weighted by molar-refractivity contribution is 0.399. The minimum Gasteiger partial charge on any atom is -0.307 e. The van der Waals surface area contributed by atoms with E-state index in [0.29, 0.717) is 12.1 Å². The number of hydrogen-bond donors (Lipinski definition) is 1. The molecule has 0 radical (unpaired) electrons. The van der Waals surface area contributed by atoms with E-state index in [1.807, 2.05) is 18.5 Å². The molecule has 0 aliphatic heterocycles. The van der Waals surface area contributed by atoms with Crippen LogP contribution in [0.25, 0.3) is 0 Å². The van der Waals surface area contributed by atoms with Crippen molar-refractivity contribution in [3.63, 3.8) is 0 Å². The number of rotatable bonds is 4. The first-order chi connectivity index (χ1) is 8.79. The van der Waals surface area contributed by atoms with Crippen LogP contribution < -0.4 is 5.32 Å². The quantitative estimate of drug-likeness (QED) is 0.809. The summed E-state index contributed by atoms with van der Waals surface area (Å²) in [5.41, 5.74) is 1.30. The number of hydrogen-bond acceptors (Lipinski definition) is 2. The van der Waals surface area contributed by atoms with Crippen LogP contribution in [-0.2, 0) is 0 Å². The fourth-order valence-electron chi connectivity index (χ4n) is 3.04. The monoisotopic (exact) mass is 246 g/mol. The summed E-state index contributed by atoms with van der Waals surface area (Å²) in [6.07, 6.45) is 12.0. The van der Waals surface area contributed by atoms with Gasteiger partial charge in [0.1, 0.15) is 0 Å². The second kappa shape index (κ2) is 6.89. The Hall–Kier alpha value is -0.890. The fourth-order valence-corrected chi connectivity index (χ4v) is 3.04. The Balaban J connectivity index is 1.86. The Morgan fingerprint density at radius 1 is 1.33 bits per heavy atom. The van der Waals surface area contributed by atoms with Crippen molar-refractivity contribution in [2.24, 2.45) is 5.92 Å². The molecule has 0 spiro atoms. The van der Waals surface area contributed by atoms with Gasteiger partial charge in [0.2, 0.25) is 0 Å². The highest BCUT2D eigenvalue weighted by molar-refractivity contribution is 5.13. The van der Waals surface area contributed by atoms with E-state index in [1.54, 1.807) is 0 Å². The molecule has 1 aliphatic carbocycles. The van der Waals surface area contributed by atoms with Crippen LogP contribution >= 0.6 is 0 Å². The van der Waals surface area contributed by atoms with Crippen LogP contribution in [0.1, 0.15) is 64.0 Å². The minimum absolute atomic E-state index is 0.418. The summed E-state index contributed by atoms with van der Waals surface area (Å²) in [5, 5.41) is 3.78. The lowest BCUT2D eigenvalue weighted by Gasteiger charge is -2.22. The second-order valence-electron chi connectivity index (χ2n) is 5.65. The Labute approximate surface area is 111 Å². The average molecular weight is 246 g/mol. The molecule has 0 bridgehead atoms. The first-order valence-electron chi connectivity index (χ1n) is 7.45. The number of nitrogens with zero attached hydrogens (tertiary/aromatic N) is 1. The van der Waals surface area contributed by atoms with Gasteiger partial charge in [0, 0.05) is 24.5 Å². The summed E-state index contributed by atoms with van der Waals surface area (Å²) < 4.78 is 0. The molecule has 3 unspecified atom stereocenters. The van der Waals surface area contributed by atoms with Crippen molar-refractivity contribution in [3.05, 3.63) is 30.1 Å². The van der Waals surface area contributed by atoms with E-state index >= 15 is 0 Å². The van der Waals surface area contributed by atoms with Gasteiger partial charge in [0.25, 0.3) is 0 Å². The lowest BCUT2D eigenvalue weighted by atomic mass is 9.97. The Morgan fingerprint density at radius 2 is 2.22 bits per heavy atom. The van der Waals surface area contributed by atoms with Crippen LogP contribution in [0.4, 0.5) is 0 Å². The molecular weight excluding hydrogens is 220 g/mol. The van der Waals surface area contributed by atoms with Crippen LogP contribution in [-0.4, -0.2) is 11.0 Å². The van der Waals surface area contributed by atoms with Crippen molar-refractivity contribution in [2.75, 3.05) is 0 Å². The number of nitrogens with one attached hydrogen (secondary N) is 1. The van der Waals surface area contributed by atoms with E-state index in [4.69, 9.17) is 0 Å². The van der Waals surface area contributed by atoms with Gasteiger partial charge < -0.3 is 5.32 Å². The molecule has 2 nitrogen and oxygen atoms in total. The van der Waals surface area contributed by atoms with Gasteiger partial charge in [-0.25, -0.2) is 0 Å². The molecule has 3 atom stereocenters. The lowest BCUT2D eigenvalue weighted by Crippen LogP contribution is -2.31. The zero-order valence-corrected chi connectivity index (χ0v) is 11.7. The molecule has 100 valence electrons. The third-order valence-electron chi connectivity index (χ3n) is 4.34. The molecule has 2 rings (SSSR count). The highest BCUT2D eigenvalue weighted by atomic mass is 14.9. The van der Waals surface area contributed by atoms with Gasteiger partial charge in [-0.05, 0) is 43.7 Å². The van der Waals surface area contributed by atoms with Crippen LogP contribution in [0, 0.1) is 5.92 Å². The highest BCUT2D eigenvalue weighted by Crippen LogP contribution is 2.26. The van der Waals surface area contributed by atoms with E-state index in [9.17, 15) is 0 Å². The molecule has 2 heteroatoms. The van der Waals surface area contributed by atoms with E-state index in [0.717, 1.165) is 5.92 Å². The molecule has 1 fully saturated rings. The van der Waals surface area contributed by atoms with Gasteiger partial charge in [-0.1, -0.05) is 32.3 Å². The molecule has 1 N–H and O–H groups in total. The molecule has 0 amide bonds. The Bertz CT molecular complexity index is 336. The van der Waals surface area contributed by atoms with Crippen LogP contribution in [0.3, 0.4) is 0 Å². The normalized spacial score (nSPS) is 26.6. The maximum Gasteiger partial charge on any atom is 0.0315 e. The van der Waals surface area contributed by atoms with Crippen LogP contribution in [0.5, 0.6) is 0 Å². The summed E-state index contributed by atoms with van der Waals surface area (Å²) in [6.45, 7) is 4.58. The van der Waals surface area contributed by atoms with E-state index < -0.39 is 0 Å². The van der Waals surface area contributed by atoms with E-state index in [-0.39, 0.29) is 0 Å². The van der Waals surface area contributed by atoms with Crippen molar-refractivity contribution in [3.8, 4) is 0 Å². The average Bonchev–Trinajstić information content (AvgIpc) is 2.65. The van der Waals surface area contributed by atoms with Crippen molar-refractivity contribution < 1.29 is 0 Å². The predicted octanol–water partition coefficient (Wildman–Crippen LogP) is 4.09. The maximum absolute atomic E-state index is 4.20. The summed E-state index contributed by atoms with van der Waals surface area (Å²) in [5.74, 6) is 0.963.